The molecular formula is C38H27N3S. The first kappa shape index (κ1) is 24.8. The number of nitrogens with zero attached hydrogens (tertiary/aromatic N) is 3. The summed E-state index contributed by atoms with van der Waals surface area (Å²) in [7, 11) is 0. The standard InChI is InChI=1S/C38H27N3S/c1-3-31-33(4-2)42-34-20-10-9-19-32(34)41(31)38-29-18-12-21-39-36(29)35(28-17-11-22-40-37(28)38)30-23-24-13-5-6-14-25(24)26-15-7-8-16-27(26)30/h3-5,7-13,15-23H,1-2,6,14H2. The molecule has 1 aliphatic heterocycles. The maximum atomic E-state index is 5.09. The lowest BCUT2D eigenvalue weighted by molar-refractivity contribution is 0.997. The summed E-state index contributed by atoms with van der Waals surface area (Å²) in [6, 6.07) is 28.1. The minimum absolute atomic E-state index is 0.926. The van der Waals surface area contributed by atoms with Gasteiger partial charge in [0.05, 0.1) is 28.1 Å². The van der Waals surface area contributed by atoms with Crippen molar-refractivity contribution < 1.29 is 0 Å². The summed E-state index contributed by atoms with van der Waals surface area (Å²) in [6.07, 6.45) is 14.3. The fourth-order valence-electron chi connectivity index (χ4n) is 6.59. The highest BCUT2D eigenvalue weighted by Crippen LogP contribution is 2.52. The molecule has 0 spiro atoms. The molecular weight excluding hydrogens is 531 g/mol. The Morgan fingerprint density at radius 2 is 1.50 bits per heavy atom. The maximum Gasteiger partial charge on any atom is 0.0956 e. The van der Waals surface area contributed by atoms with Crippen molar-refractivity contribution in [3.63, 3.8) is 0 Å². The molecule has 6 aromatic rings. The molecule has 0 unspecified atom stereocenters. The van der Waals surface area contributed by atoms with Crippen molar-refractivity contribution in [2.75, 3.05) is 4.90 Å². The van der Waals surface area contributed by atoms with Crippen molar-refractivity contribution in [3.8, 4) is 11.1 Å². The number of para-hydroxylation sites is 1. The van der Waals surface area contributed by atoms with E-state index in [9.17, 15) is 0 Å². The van der Waals surface area contributed by atoms with Crippen LogP contribution in [0.1, 0.15) is 17.5 Å². The number of allylic oxidation sites excluding steroid dienone is 3. The molecule has 3 nitrogen and oxygen atoms in total. The first-order valence-corrected chi connectivity index (χ1v) is 15.0. The second-order valence-electron chi connectivity index (χ2n) is 10.6. The van der Waals surface area contributed by atoms with Crippen LogP contribution in [0.5, 0.6) is 0 Å². The number of fused-ring (bicyclic) bond motifs is 6. The van der Waals surface area contributed by atoms with Crippen LogP contribution in [0.15, 0.2) is 138 Å². The number of anilines is 2. The van der Waals surface area contributed by atoms with Crippen molar-refractivity contribution in [1.29, 1.82) is 0 Å². The molecule has 200 valence electrons. The van der Waals surface area contributed by atoms with Gasteiger partial charge in [0, 0.05) is 38.5 Å². The van der Waals surface area contributed by atoms with Crippen LogP contribution in [0.2, 0.25) is 0 Å². The second kappa shape index (κ2) is 9.86. The SMILES string of the molecule is C=CC1=C(C=C)N(c2c3cccnc3c(-c3cc4c(c5ccccc35)CCC=C4)c3cccnc23)c2ccccc2S1. The minimum atomic E-state index is 0.926. The molecule has 0 bridgehead atoms. The van der Waals surface area contributed by atoms with Gasteiger partial charge >= 0.3 is 0 Å². The number of benzene rings is 4. The van der Waals surface area contributed by atoms with Crippen LogP contribution in [-0.2, 0) is 6.42 Å². The molecule has 1 aliphatic carbocycles. The van der Waals surface area contributed by atoms with Gasteiger partial charge in [-0.2, -0.15) is 0 Å². The van der Waals surface area contributed by atoms with E-state index in [0.29, 0.717) is 0 Å². The van der Waals surface area contributed by atoms with E-state index in [2.05, 4.69) is 96.9 Å². The van der Waals surface area contributed by atoms with E-state index in [4.69, 9.17) is 9.97 Å². The Bertz CT molecular complexity index is 2110. The summed E-state index contributed by atoms with van der Waals surface area (Å²) >= 11 is 1.72. The van der Waals surface area contributed by atoms with E-state index in [1.54, 1.807) is 11.8 Å². The molecule has 8 rings (SSSR count). The van der Waals surface area contributed by atoms with Crippen LogP contribution >= 0.6 is 11.8 Å². The van der Waals surface area contributed by atoms with Gasteiger partial charge in [-0.1, -0.05) is 85.6 Å². The highest BCUT2D eigenvalue weighted by molar-refractivity contribution is 8.03. The maximum absolute atomic E-state index is 5.09. The Kier molecular flexibility index (Phi) is 5.83. The van der Waals surface area contributed by atoms with Crippen LogP contribution in [-0.4, -0.2) is 9.97 Å². The van der Waals surface area contributed by atoms with E-state index in [1.807, 2.05) is 36.7 Å². The number of thioether (sulfide) groups is 1. The zero-order valence-corrected chi connectivity index (χ0v) is 23.9. The Hall–Kier alpha value is -4.93. The summed E-state index contributed by atoms with van der Waals surface area (Å²) < 4.78 is 0. The number of rotatable bonds is 4. The van der Waals surface area contributed by atoms with Gasteiger partial charge in [0.1, 0.15) is 0 Å². The monoisotopic (exact) mass is 557 g/mol. The smallest absolute Gasteiger partial charge is 0.0956 e. The molecule has 0 saturated carbocycles. The fourth-order valence-corrected chi connectivity index (χ4v) is 7.60. The molecule has 0 saturated heterocycles. The Labute approximate surface area is 249 Å². The van der Waals surface area contributed by atoms with Crippen molar-refractivity contribution >= 4 is 61.8 Å². The lowest BCUT2D eigenvalue weighted by Gasteiger charge is -2.34. The first-order chi connectivity index (χ1) is 20.8. The second-order valence-corrected chi connectivity index (χ2v) is 11.6. The number of aryl methyl sites for hydroxylation is 1. The van der Waals surface area contributed by atoms with Gasteiger partial charge in [0.25, 0.3) is 0 Å². The summed E-state index contributed by atoms with van der Waals surface area (Å²) in [5.74, 6) is 0. The van der Waals surface area contributed by atoms with Crippen molar-refractivity contribution in [2.24, 2.45) is 0 Å². The largest absolute Gasteiger partial charge is 0.305 e. The average molecular weight is 558 g/mol. The molecule has 0 radical (unpaired) electrons. The molecule has 42 heavy (non-hydrogen) atoms. The average Bonchev–Trinajstić information content (AvgIpc) is 3.06. The van der Waals surface area contributed by atoms with Crippen LogP contribution in [0.4, 0.5) is 11.4 Å². The van der Waals surface area contributed by atoms with E-state index in [0.717, 1.165) is 67.1 Å². The van der Waals surface area contributed by atoms with Gasteiger partial charge in [0.15, 0.2) is 0 Å². The molecule has 0 atom stereocenters. The van der Waals surface area contributed by atoms with E-state index < -0.39 is 0 Å². The Balaban J connectivity index is 1.54. The highest BCUT2D eigenvalue weighted by atomic mass is 32.2. The van der Waals surface area contributed by atoms with E-state index >= 15 is 0 Å². The third-order valence-corrected chi connectivity index (χ3v) is 9.50. The summed E-state index contributed by atoms with van der Waals surface area (Å²) in [6.45, 7) is 8.37. The first-order valence-electron chi connectivity index (χ1n) is 14.2. The van der Waals surface area contributed by atoms with Crippen molar-refractivity contribution in [3.05, 3.63) is 144 Å². The molecule has 2 aliphatic rings. The summed E-state index contributed by atoms with van der Waals surface area (Å²) in [5, 5.41) is 4.68. The van der Waals surface area contributed by atoms with Gasteiger partial charge in [-0.05, 0) is 82.8 Å². The number of hydrogen-bond donors (Lipinski definition) is 0. The number of hydrogen-bond acceptors (Lipinski definition) is 4. The van der Waals surface area contributed by atoms with Crippen LogP contribution in [0, 0.1) is 0 Å². The van der Waals surface area contributed by atoms with E-state index in [1.165, 1.54) is 27.5 Å². The van der Waals surface area contributed by atoms with Gasteiger partial charge in [-0.15, -0.1) is 0 Å². The lowest BCUT2D eigenvalue weighted by Crippen LogP contribution is -2.21. The molecule has 3 heterocycles. The lowest BCUT2D eigenvalue weighted by atomic mass is 9.85. The molecule has 0 fully saturated rings. The number of aromatic nitrogens is 2. The zero-order valence-electron chi connectivity index (χ0n) is 23.0. The van der Waals surface area contributed by atoms with Crippen LogP contribution < -0.4 is 4.90 Å². The third kappa shape index (κ3) is 3.62. The molecule has 4 heteroatoms. The quantitative estimate of drug-likeness (QED) is 0.202. The van der Waals surface area contributed by atoms with Gasteiger partial charge in [-0.3, -0.25) is 9.97 Å². The number of pyridine rings is 2. The zero-order chi connectivity index (χ0) is 28.2. The predicted molar refractivity (Wildman–Crippen MR) is 179 cm³/mol. The van der Waals surface area contributed by atoms with Crippen LogP contribution in [0.3, 0.4) is 0 Å². The van der Waals surface area contributed by atoms with Crippen LogP contribution in [0.25, 0.3) is 49.8 Å². The van der Waals surface area contributed by atoms with Gasteiger partial charge < -0.3 is 4.90 Å². The highest BCUT2D eigenvalue weighted by Gasteiger charge is 2.30. The molecule has 2 aromatic heterocycles. The van der Waals surface area contributed by atoms with E-state index in [-0.39, 0.29) is 0 Å². The minimum Gasteiger partial charge on any atom is -0.305 e. The van der Waals surface area contributed by atoms with Gasteiger partial charge in [0.2, 0.25) is 0 Å². The van der Waals surface area contributed by atoms with Crippen molar-refractivity contribution in [1.82, 2.24) is 9.97 Å². The normalized spacial score (nSPS) is 14.3. The third-order valence-electron chi connectivity index (χ3n) is 8.34. The Morgan fingerprint density at radius 1 is 0.762 bits per heavy atom. The summed E-state index contributed by atoms with van der Waals surface area (Å²) in [4.78, 5) is 14.7. The van der Waals surface area contributed by atoms with Crippen molar-refractivity contribution in [2.45, 2.75) is 17.7 Å². The molecule has 4 aromatic carbocycles. The molecule has 0 amide bonds. The predicted octanol–water partition coefficient (Wildman–Crippen LogP) is 10.4. The topological polar surface area (TPSA) is 29.0 Å². The molecule has 0 N–H and O–H groups in total. The van der Waals surface area contributed by atoms with Gasteiger partial charge in [-0.25, -0.2) is 0 Å². The summed E-state index contributed by atoms with van der Waals surface area (Å²) in [5.41, 5.74) is 9.98. The Morgan fingerprint density at radius 3 is 2.33 bits per heavy atom. The fraction of sp³-hybridized carbons (Fsp3) is 0.0526.